The molecule has 2 aromatic rings. The van der Waals surface area contributed by atoms with Gasteiger partial charge in [-0.1, -0.05) is 23.7 Å². The van der Waals surface area contributed by atoms with E-state index in [1.54, 1.807) is 24.3 Å². The average molecular weight is 327 g/mol. The fourth-order valence-electron chi connectivity index (χ4n) is 1.69. The van der Waals surface area contributed by atoms with Crippen molar-refractivity contribution < 1.29 is 18.3 Å². The number of rotatable bonds is 6. The first kappa shape index (κ1) is 16.0. The third-order valence-corrected chi connectivity index (χ3v) is 3.01. The maximum atomic E-state index is 12.3. The normalized spacial score (nSPS) is 11.0. The van der Waals surface area contributed by atoms with Gasteiger partial charge in [-0.05, 0) is 35.9 Å². The standard InChI is InChI=1S/C15H13ClF2N2O2/c1-21-13-7-6-10(8-14(13)22-15(17)18)9-19-20-12-5-3-2-4-11(12)16/h2-9,15,20H,1H3/b19-9-. The fraction of sp³-hybridized carbons (Fsp3) is 0.133. The molecule has 2 aromatic carbocycles. The first-order valence-electron chi connectivity index (χ1n) is 6.26. The predicted octanol–water partition coefficient (Wildman–Crippen LogP) is 4.40. The van der Waals surface area contributed by atoms with Crippen molar-refractivity contribution in [3.05, 3.63) is 53.1 Å². The van der Waals surface area contributed by atoms with Gasteiger partial charge < -0.3 is 9.47 Å². The molecule has 0 amide bonds. The Hall–Kier alpha value is -2.34. The number of hydrogen-bond donors (Lipinski definition) is 1. The number of hydrazone groups is 1. The number of para-hydroxylation sites is 1. The van der Waals surface area contributed by atoms with Gasteiger partial charge in [0.1, 0.15) is 0 Å². The zero-order valence-corrected chi connectivity index (χ0v) is 12.3. The molecular formula is C15H13ClF2N2O2. The number of alkyl halides is 2. The first-order valence-corrected chi connectivity index (χ1v) is 6.64. The molecule has 0 radical (unpaired) electrons. The van der Waals surface area contributed by atoms with Gasteiger partial charge in [-0.15, -0.1) is 0 Å². The summed E-state index contributed by atoms with van der Waals surface area (Å²) in [5.41, 5.74) is 3.97. The monoisotopic (exact) mass is 326 g/mol. The van der Waals surface area contributed by atoms with Crippen molar-refractivity contribution in [2.75, 3.05) is 12.5 Å². The summed E-state index contributed by atoms with van der Waals surface area (Å²) in [4.78, 5) is 0. The minimum atomic E-state index is -2.93. The molecule has 0 aliphatic carbocycles. The van der Waals surface area contributed by atoms with Crippen LogP contribution in [0.3, 0.4) is 0 Å². The van der Waals surface area contributed by atoms with Crippen LogP contribution in [-0.2, 0) is 0 Å². The molecule has 116 valence electrons. The number of nitrogens with zero attached hydrogens (tertiary/aromatic N) is 1. The Morgan fingerprint density at radius 3 is 2.64 bits per heavy atom. The van der Waals surface area contributed by atoms with Gasteiger partial charge in [0.15, 0.2) is 11.5 Å². The van der Waals surface area contributed by atoms with Gasteiger partial charge in [-0.25, -0.2) is 0 Å². The maximum absolute atomic E-state index is 12.3. The summed E-state index contributed by atoms with van der Waals surface area (Å²) in [6.07, 6.45) is 1.46. The van der Waals surface area contributed by atoms with E-state index in [-0.39, 0.29) is 11.5 Å². The van der Waals surface area contributed by atoms with E-state index in [9.17, 15) is 8.78 Å². The summed E-state index contributed by atoms with van der Waals surface area (Å²) < 4.78 is 34.0. The topological polar surface area (TPSA) is 42.8 Å². The molecule has 0 saturated heterocycles. The summed E-state index contributed by atoms with van der Waals surface area (Å²) in [5, 5.41) is 4.53. The van der Waals surface area contributed by atoms with Crippen molar-refractivity contribution in [3.8, 4) is 11.5 Å². The molecule has 0 aromatic heterocycles. The maximum Gasteiger partial charge on any atom is 0.387 e. The van der Waals surface area contributed by atoms with E-state index in [0.29, 0.717) is 16.3 Å². The minimum Gasteiger partial charge on any atom is -0.493 e. The van der Waals surface area contributed by atoms with Crippen LogP contribution in [0.2, 0.25) is 5.02 Å². The largest absolute Gasteiger partial charge is 0.493 e. The lowest BCUT2D eigenvalue weighted by Crippen LogP contribution is -2.04. The molecule has 0 spiro atoms. The van der Waals surface area contributed by atoms with Crippen LogP contribution >= 0.6 is 11.6 Å². The molecule has 0 heterocycles. The Kier molecular flexibility index (Phi) is 5.55. The van der Waals surface area contributed by atoms with Crippen molar-refractivity contribution in [2.24, 2.45) is 5.10 Å². The first-order chi connectivity index (χ1) is 10.6. The van der Waals surface area contributed by atoms with Gasteiger partial charge in [0.2, 0.25) is 0 Å². The Labute approximate surface area is 131 Å². The van der Waals surface area contributed by atoms with Crippen LogP contribution in [0, 0.1) is 0 Å². The van der Waals surface area contributed by atoms with Gasteiger partial charge in [-0.3, -0.25) is 5.43 Å². The second-order valence-electron chi connectivity index (χ2n) is 4.14. The van der Waals surface area contributed by atoms with Crippen LogP contribution in [0.5, 0.6) is 11.5 Å². The predicted molar refractivity (Wildman–Crippen MR) is 82.3 cm³/mol. The van der Waals surface area contributed by atoms with E-state index in [1.807, 2.05) is 6.07 Å². The van der Waals surface area contributed by atoms with E-state index in [2.05, 4.69) is 15.3 Å². The van der Waals surface area contributed by atoms with E-state index >= 15 is 0 Å². The van der Waals surface area contributed by atoms with Crippen molar-refractivity contribution in [1.29, 1.82) is 0 Å². The number of benzene rings is 2. The lowest BCUT2D eigenvalue weighted by Gasteiger charge is -2.10. The van der Waals surface area contributed by atoms with E-state index < -0.39 is 6.61 Å². The van der Waals surface area contributed by atoms with E-state index in [1.165, 1.54) is 25.5 Å². The van der Waals surface area contributed by atoms with Gasteiger partial charge in [0.05, 0.1) is 24.0 Å². The highest BCUT2D eigenvalue weighted by atomic mass is 35.5. The van der Waals surface area contributed by atoms with Crippen LogP contribution in [0.4, 0.5) is 14.5 Å². The Morgan fingerprint density at radius 1 is 1.18 bits per heavy atom. The summed E-state index contributed by atoms with van der Waals surface area (Å²) in [7, 11) is 1.38. The number of ether oxygens (including phenoxy) is 2. The molecule has 0 bridgehead atoms. The van der Waals surface area contributed by atoms with Gasteiger partial charge in [0.25, 0.3) is 0 Å². The van der Waals surface area contributed by atoms with Crippen LogP contribution < -0.4 is 14.9 Å². The van der Waals surface area contributed by atoms with Crippen molar-refractivity contribution in [1.82, 2.24) is 0 Å². The lowest BCUT2D eigenvalue weighted by molar-refractivity contribution is -0.0512. The highest BCUT2D eigenvalue weighted by Gasteiger charge is 2.10. The molecule has 4 nitrogen and oxygen atoms in total. The number of nitrogens with one attached hydrogen (secondary N) is 1. The fourth-order valence-corrected chi connectivity index (χ4v) is 1.87. The second kappa shape index (κ2) is 7.61. The Morgan fingerprint density at radius 2 is 1.95 bits per heavy atom. The molecule has 1 N–H and O–H groups in total. The summed E-state index contributed by atoms with van der Waals surface area (Å²) in [6.45, 7) is -2.93. The average Bonchev–Trinajstić information content (AvgIpc) is 2.49. The van der Waals surface area contributed by atoms with Gasteiger partial charge in [0, 0.05) is 0 Å². The highest BCUT2D eigenvalue weighted by molar-refractivity contribution is 6.33. The van der Waals surface area contributed by atoms with Crippen molar-refractivity contribution in [3.63, 3.8) is 0 Å². The second-order valence-corrected chi connectivity index (χ2v) is 4.55. The highest BCUT2D eigenvalue weighted by Crippen LogP contribution is 2.29. The SMILES string of the molecule is COc1ccc(/C=N\Nc2ccccc2Cl)cc1OC(F)F. The molecule has 0 atom stereocenters. The molecule has 0 aliphatic heterocycles. The number of methoxy groups -OCH3 is 1. The van der Waals surface area contributed by atoms with Crippen LogP contribution in [-0.4, -0.2) is 19.9 Å². The molecule has 0 aliphatic rings. The smallest absolute Gasteiger partial charge is 0.387 e. The van der Waals surface area contributed by atoms with Gasteiger partial charge >= 0.3 is 6.61 Å². The number of halogens is 3. The zero-order chi connectivity index (χ0) is 15.9. The lowest BCUT2D eigenvalue weighted by atomic mass is 10.2. The molecule has 0 fully saturated rings. The van der Waals surface area contributed by atoms with E-state index in [4.69, 9.17) is 16.3 Å². The van der Waals surface area contributed by atoms with Crippen molar-refractivity contribution >= 4 is 23.5 Å². The summed E-state index contributed by atoms with van der Waals surface area (Å²) >= 11 is 5.97. The van der Waals surface area contributed by atoms with E-state index in [0.717, 1.165) is 0 Å². The number of hydrogen-bond acceptors (Lipinski definition) is 4. The van der Waals surface area contributed by atoms with Crippen molar-refractivity contribution in [2.45, 2.75) is 6.61 Å². The van der Waals surface area contributed by atoms with Crippen LogP contribution in [0.25, 0.3) is 0 Å². The van der Waals surface area contributed by atoms with Gasteiger partial charge in [-0.2, -0.15) is 13.9 Å². The molecule has 2 rings (SSSR count). The molecule has 0 saturated carbocycles. The third kappa shape index (κ3) is 4.33. The minimum absolute atomic E-state index is 0.0563. The summed E-state index contributed by atoms with van der Waals surface area (Å²) in [6, 6.07) is 11.7. The van der Waals surface area contributed by atoms with Crippen LogP contribution in [0.15, 0.2) is 47.6 Å². The third-order valence-electron chi connectivity index (χ3n) is 2.68. The molecule has 0 unspecified atom stereocenters. The summed E-state index contributed by atoms with van der Waals surface area (Å²) in [5.74, 6) is 0.163. The molecule has 22 heavy (non-hydrogen) atoms. The van der Waals surface area contributed by atoms with Crippen LogP contribution in [0.1, 0.15) is 5.56 Å². The number of anilines is 1. The Bertz CT molecular complexity index is 666. The molecular weight excluding hydrogens is 314 g/mol. The zero-order valence-electron chi connectivity index (χ0n) is 11.6. The quantitative estimate of drug-likeness (QED) is 0.632. The Balaban J connectivity index is 2.12. The molecule has 7 heteroatoms.